The summed E-state index contributed by atoms with van der Waals surface area (Å²) in [5.74, 6) is 5.05. The molecule has 2 aromatic heterocycles. The van der Waals surface area contributed by atoms with Crippen molar-refractivity contribution >= 4 is 22.9 Å². The lowest BCUT2D eigenvalue weighted by molar-refractivity contribution is 0.559. The first-order valence-electron chi connectivity index (χ1n) is 4.53. The van der Waals surface area contributed by atoms with Gasteiger partial charge in [0.1, 0.15) is 5.82 Å². The predicted molar refractivity (Wildman–Crippen MR) is 62.7 cm³/mol. The van der Waals surface area contributed by atoms with Crippen LogP contribution in [0.25, 0.3) is 0 Å². The number of pyridine rings is 1. The van der Waals surface area contributed by atoms with Gasteiger partial charge in [-0.25, -0.2) is 9.82 Å². The monoisotopic (exact) mass is 257 g/mol. The Hall–Kier alpha value is -1.01. The number of thiophene rings is 1. The average molecular weight is 258 g/mol. The van der Waals surface area contributed by atoms with Crippen molar-refractivity contribution in [3.63, 3.8) is 0 Å². The van der Waals surface area contributed by atoms with Crippen LogP contribution in [-0.4, -0.2) is 4.98 Å². The van der Waals surface area contributed by atoms with Crippen molar-refractivity contribution in [2.45, 2.75) is 6.04 Å². The van der Waals surface area contributed by atoms with Crippen LogP contribution in [0.3, 0.4) is 0 Å². The molecule has 84 valence electrons. The standard InChI is InChI=1S/C10H9ClFN3S/c11-9-2-1-8(16-9)10(15-13)6-3-4-14-5-7(6)12/h1-5,10,15H,13H2. The third kappa shape index (κ3) is 2.22. The fourth-order valence-corrected chi connectivity index (χ4v) is 2.57. The van der Waals surface area contributed by atoms with Crippen LogP contribution in [0.4, 0.5) is 4.39 Å². The molecular formula is C10H9ClFN3S. The molecular weight excluding hydrogens is 249 g/mol. The Morgan fingerprint density at radius 3 is 2.81 bits per heavy atom. The third-order valence-corrected chi connectivity index (χ3v) is 3.46. The van der Waals surface area contributed by atoms with E-state index in [0.29, 0.717) is 9.90 Å². The second kappa shape index (κ2) is 4.88. The maximum absolute atomic E-state index is 13.5. The van der Waals surface area contributed by atoms with Crippen LogP contribution < -0.4 is 11.3 Å². The highest BCUT2D eigenvalue weighted by atomic mass is 35.5. The van der Waals surface area contributed by atoms with Crippen molar-refractivity contribution in [2.24, 2.45) is 5.84 Å². The van der Waals surface area contributed by atoms with Crippen LogP contribution in [-0.2, 0) is 0 Å². The highest BCUT2D eigenvalue weighted by molar-refractivity contribution is 7.16. The summed E-state index contributed by atoms with van der Waals surface area (Å²) in [7, 11) is 0. The summed E-state index contributed by atoms with van der Waals surface area (Å²) in [6, 6.07) is 4.76. The van der Waals surface area contributed by atoms with Gasteiger partial charge < -0.3 is 0 Å². The van der Waals surface area contributed by atoms with Crippen LogP contribution in [0.5, 0.6) is 0 Å². The molecule has 2 rings (SSSR count). The fourth-order valence-electron chi connectivity index (χ4n) is 1.43. The number of nitrogens with zero attached hydrogens (tertiary/aromatic N) is 1. The Bertz CT molecular complexity index is 488. The van der Waals surface area contributed by atoms with E-state index in [1.807, 2.05) is 6.07 Å². The number of hydrogen-bond acceptors (Lipinski definition) is 4. The zero-order valence-electron chi connectivity index (χ0n) is 8.15. The van der Waals surface area contributed by atoms with Gasteiger partial charge in [0.05, 0.1) is 16.6 Å². The number of nitrogens with one attached hydrogen (secondary N) is 1. The molecule has 0 fully saturated rings. The van der Waals surface area contributed by atoms with E-state index in [9.17, 15) is 4.39 Å². The van der Waals surface area contributed by atoms with Gasteiger partial charge in [0.15, 0.2) is 0 Å². The molecule has 6 heteroatoms. The molecule has 0 aliphatic carbocycles. The van der Waals surface area contributed by atoms with Crippen LogP contribution in [0.1, 0.15) is 16.5 Å². The van der Waals surface area contributed by atoms with Gasteiger partial charge in [-0.15, -0.1) is 11.3 Å². The first kappa shape index (κ1) is 11.5. The number of nitrogens with two attached hydrogens (primary N) is 1. The third-order valence-electron chi connectivity index (χ3n) is 2.16. The smallest absolute Gasteiger partial charge is 0.146 e. The van der Waals surface area contributed by atoms with Gasteiger partial charge in [-0.3, -0.25) is 10.8 Å². The molecule has 0 amide bonds. The van der Waals surface area contributed by atoms with Gasteiger partial charge in [0.25, 0.3) is 0 Å². The lowest BCUT2D eigenvalue weighted by Crippen LogP contribution is -2.28. The van der Waals surface area contributed by atoms with E-state index in [0.717, 1.165) is 11.1 Å². The predicted octanol–water partition coefficient (Wildman–Crippen LogP) is 2.49. The molecule has 2 heterocycles. The van der Waals surface area contributed by atoms with Gasteiger partial charge in [-0.05, 0) is 18.2 Å². The second-order valence-electron chi connectivity index (χ2n) is 3.14. The molecule has 3 N–H and O–H groups in total. The van der Waals surface area contributed by atoms with Crippen molar-refractivity contribution in [2.75, 3.05) is 0 Å². The van der Waals surface area contributed by atoms with Crippen molar-refractivity contribution in [3.8, 4) is 0 Å². The Labute approximate surface area is 101 Å². The van der Waals surface area contributed by atoms with E-state index in [4.69, 9.17) is 17.4 Å². The van der Waals surface area contributed by atoms with Gasteiger partial charge in [-0.1, -0.05) is 11.6 Å². The summed E-state index contributed by atoms with van der Waals surface area (Å²) in [4.78, 5) is 4.55. The Kier molecular flexibility index (Phi) is 3.50. The van der Waals surface area contributed by atoms with E-state index in [-0.39, 0.29) is 0 Å². The number of aromatic nitrogens is 1. The molecule has 0 bridgehead atoms. The summed E-state index contributed by atoms with van der Waals surface area (Å²) in [5.41, 5.74) is 3.03. The summed E-state index contributed by atoms with van der Waals surface area (Å²) in [6.45, 7) is 0. The first-order chi connectivity index (χ1) is 7.72. The maximum Gasteiger partial charge on any atom is 0.146 e. The van der Waals surface area contributed by atoms with Crippen LogP contribution in [0.15, 0.2) is 30.6 Å². The summed E-state index contributed by atoms with van der Waals surface area (Å²) in [5, 5.41) is 0. The second-order valence-corrected chi connectivity index (χ2v) is 4.89. The number of halogens is 2. The van der Waals surface area contributed by atoms with Crippen LogP contribution >= 0.6 is 22.9 Å². The Balaban J connectivity index is 2.40. The van der Waals surface area contributed by atoms with E-state index in [2.05, 4.69) is 10.4 Å². The largest absolute Gasteiger partial charge is 0.271 e. The number of hydrazine groups is 1. The van der Waals surface area contributed by atoms with Gasteiger partial charge >= 0.3 is 0 Å². The SMILES string of the molecule is NNC(c1ccc(Cl)s1)c1ccncc1F. The highest BCUT2D eigenvalue weighted by Crippen LogP contribution is 2.31. The minimum absolute atomic E-state index is 0.394. The molecule has 0 aliphatic rings. The lowest BCUT2D eigenvalue weighted by Gasteiger charge is -2.14. The van der Waals surface area contributed by atoms with Crippen LogP contribution in [0, 0.1) is 5.82 Å². The van der Waals surface area contributed by atoms with E-state index in [1.54, 1.807) is 12.1 Å². The van der Waals surface area contributed by atoms with Gasteiger partial charge in [-0.2, -0.15) is 0 Å². The minimum Gasteiger partial charge on any atom is -0.271 e. The molecule has 0 spiro atoms. The van der Waals surface area contributed by atoms with E-state index < -0.39 is 11.9 Å². The maximum atomic E-state index is 13.5. The fraction of sp³-hybridized carbons (Fsp3) is 0.100. The zero-order chi connectivity index (χ0) is 11.5. The van der Waals surface area contributed by atoms with Gasteiger partial charge in [0, 0.05) is 16.6 Å². The quantitative estimate of drug-likeness (QED) is 0.656. The number of rotatable bonds is 3. The molecule has 3 nitrogen and oxygen atoms in total. The molecule has 0 aliphatic heterocycles. The normalized spacial score (nSPS) is 12.7. The molecule has 0 saturated heterocycles. The minimum atomic E-state index is -0.402. The van der Waals surface area contributed by atoms with E-state index >= 15 is 0 Å². The molecule has 0 radical (unpaired) electrons. The lowest BCUT2D eigenvalue weighted by atomic mass is 10.1. The van der Waals surface area contributed by atoms with E-state index in [1.165, 1.54) is 17.5 Å². The van der Waals surface area contributed by atoms with Crippen molar-refractivity contribution in [1.82, 2.24) is 10.4 Å². The molecule has 1 unspecified atom stereocenters. The topological polar surface area (TPSA) is 50.9 Å². The zero-order valence-corrected chi connectivity index (χ0v) is 9.73. The molecule has 1 atom stereocenters. The molecule has 2 aromatic rings. The van der Waals surface area contributed by atoms with Crippen molar-refractivity contribution in [3.05, 3.63) is 51.2 Å². The highest BCUT2D eigenvalue weighted by Gasteiger charge is 2.18. The van der Waals surface area contributed by atoms with Gasteiger partial charge in [0.2, 0.25) is 0 Å². The first-order valence-corrected chi connectivity index (χ1v) is 5.72. The summed E-state index contributed by atoms with van der Waals surface area (Å²) >= 11 is 7.19. The van der Waals surface area contributed by atoms with Crippen LogP contribution in [0.2, 0.25) is 4.34 Å². The molecule has 16 heavy (non-hydrogen) atoms. The summed E-state index contributed by atoms with van der Waals surface area (Å²) in [6.07, 6.45) is 2.69. The molecule has 0 saturated carbocycles. The van der Waals surface area contributed by atoms with Crippen molar-refractivity contribution < 1.29 is 4.39 Å². The van der Waals surface area contributed by atoms with Crippen molar-refractivity contribution in [1.29, 1.82) is 0 Å². The Morgan fingerprint density at radius 1 is 1.44 bits per heavy atom. The Morgan fingerprint density at radius 2 is 2.25 bits per heavy atom. The molecule has 0 aromatic carbocycles. The average Bonchev–Trinajstić information content (AvgIpc) is 2.69. The number of hydrogen-bond donors (Lipinski definition) is 2. The summed E-state index contributed by atoms with van der Waals surface area (Å²) < 4.78 is 14.2.